The van der Waals surface area contributed by atoms with E-state index in [0.29, 0.717) is 6.04 Å². The van der Waals surface area contributed by atoms with Crippen LogP contribution in [0.15, 0.2) is 6.20 Å². The largest absolute Gasteiger partial charge is 0.360 e. The predicted molar refractivity (Wildman–Crippen MR) is 86.7 cm³/mol. The summed E-state index contributed by atoms with van der Waals surface area (Å²) in [5.74, 6) is 0. The first-order valence-electron chi connectivity index (χ1n) is 7.64. The fraction of sp³-hybridized carbons (Fsp3) is 0.733. The van der Waals surface area contributed by atoms with Crippen molar-refractivity contribution in [2.75, 3.05) is 7.05 Å². The van der Waals surface area contributed by atoms with Crippen LogP contribution in [-0.4, -0.2) is 32.9 Å². The Morgan fingerprint density at radius 3 is 2.75 bits per heavy atom. The van der Waals surface area contributed by atoms with E-state index in [4.69, 9.17) is 12.2 Å². The first-order valence-corrected chi connectivity index (χ1v) is 8.05. The quantitative estimate of drug-likeness (QED) is 0.866. The Balaban J connectivity index is 1.87. The maximum Gasteiger partial charge on any atom is 0.169 e. The molecule has 1 aromatic heterocycles. The summed E-state index contributed by atoms with van der Waals surface area (Å²) in [5, 5.41) is 8.85. The van der Waals surface area contributed by atoms with Crippen LogP contribution in [0.4, 0.5) is 0 Å². The van der Waals surface area contributed by atoms with Crippen molar-refractivity contribution < 1.29 is 0 Å². The summed E-state index contributed by atoms with van der Waals surface area (Å²) in [6, 6.07) is 0.568. The topological polar surface area (TPSA) is 33.1 Å². The molecule has 0 atom stereocenters. The average Bonchev–Trinajstić information content (AvgIpc) is 2.80. The molecule has 20 heavy (non-hydrogen) atoms. The van der Waals surface area contributed by atoms with E-state index in [2.05, 4.69) is 42.4 Å². The molecule has 4 nitrogen and oxygen atoms in total. The summed E-state index contributed by atoms with van der Waals surface area (Å²) in [6.45, 7) is 5.90. The van der Waals surface area contributed by atoms with Crippen LogP contribution in [0.1, 0.15) is 50.3 Å². The summed E-state index contributed by atoms with van der Waals surface area (Å²) in [4.78, 5) is 2.12. The van der Waals surface area contributed by atoms with E-state index >= 15 is 0 Å². The highest BCUT2D eigenvalue weighted by Crippen LogP contribution is 2.18. The van der Waals surface area contributed by atoms with E-state index in [9.17, 15) is 0 Å². The second kappa shape index (κ2) is 7.07. The molecule has 2 rings (SSSR count). The Morgan fingerprint density at radius 2 is 2.15 bits per heavy atom. The molecule has 0 unspecified atom stereocenters. The van der Waals surface area contributed by atoms with Crippen molar-refractivity contribution in [3.63, 3.8) is 0 Å². The van der Waals surface area contributed by atoms with Crippen LogP contribution >= 0.6 is 12.2 Å². The molecule has 0 aliphatic heterocycles. The Kier molecular flexibility index (Phi) is 5.40. The third-order valence-corrected chi connectivity index (χ3v) is 4.49. The molecule has 0 aromatic carbocycles. The van der Waals surface area contributed by atoms with Gasteiger partial charge in [-0.25, -0.2) is 0 Å². The summed E-state index contributed by atoms with van der Waals surface area (Å²) in [5.41, 5.74) is 2.35. The van der Waals surface area contributed by atoms with Crippen LogP contribution in [-0.2, 0) is 13.1 Å². The minimum atomic E-state index is 0.568. The molecular weight excluding hydrogens is 268 g/mol. The maximum atomic E-state index is 5.52. The second-order valence-electron chi connectivity index (χ2n) is 5.74. The molecule has 1 fully saturated rings. The molecule has 0 spiro atoms. The molecule has 112 valence electrons. The number of hydrogen-bond acceptors (Lipinski definition) is 2. The van der Waals surface area contributed by atoms with Crippen molar-refractivity contribution in [1.29, 1.82) is 0 Å². The van der Waals surface area contributed by atoms with Crippen LogP contribution in [0.5, 0.6) is 0 Å². The van der Waals surface area contributed by atoms with Crippen LogP contribution in [0.2, 0.25) is 0 Å². The molecular formula is C15H26N4S. The zero-order chi connectivity index (χ0) is 14.5. The van der Waals surface area contributed by atoms with E-state index in [0.717, 1.165) is 23.9 Å². The fourth-order valence-electron chi connectivity index (χ4n) is 2.74. The summed E-state index contributed by atoms with van der Waals surface area (Å²) in [7, 11) is 2.06. The molecule has 1 heterocycles. The number of thiocarbonyl (C=S) groups is 1. The van der Waals surface area contributed by atoms with Crippen molar-refractivity contribution in [2.45, 2.75) is 65.1 Å². The minimum absolute atomic E-state index is 0.568. The van der Waals surface area contributed by atoms with E-state index < -0.39 is 0 Å². The lowest BCUT2D eigenvalue weighted by molar-refractivity contribution is 0.392. The number of aromatic nitrogens is 2. The Labute approximate surface area is 127 Å². The maximum absolute atomic E-state index is 5.52. The molecule has 0 radical (unpaired) electrons. The Bertz CT molecular complexity index is 449. The Morgan fingerprint density at radius 1 is 1.45 bits per heavy atom. The van der Waals surface area contributed by atoms with Gasteiger partial charge in [-0.3, -0.25) is 4.68 Å². The van der Waals surface area contributed by atoms with E-state index in [-0.39, 0.29) is 0 Å². The lowest BCUT2D eigenvalue weighted by Gasteiger charge is -2.28. The van der Waals surface area contributed by atoms with Crippen LogP contribution in [0.25, 0.3) is 0 Å². The summed E-state index contributed by atoms with van der Waals surface area (Å²) < 4.78 is 1.98. The fourth-order valence-corrected chi connectivity index (χ4v) is 2.97. The highest BCUT2D eigenvalue weighted by atomic mass is 32.1. The molecule has 5 heteroatoms. The third-order valence-electron chi connectivity index (χ3n) is 4.06. The van der Waals surface area contributed by atoms with Gasteiger partial charge in [-0.1, -0.05) is 19.3 Å². The van der Waals surface area contributed by atoms with Gasteiger partial charge in [0.1, 0.15) is 0 Å². The molecule has 1 aliphatic carbocycles. The van der Waals surface area contributed by atoms with Gasteiger partial charge in [-0.05, 0) is 38.9 Å². The first-order chi connectivity index (χ1) is 9.60. The number of rotatable bonds is 4. The molecule has 0 saturated heterocycles. The zero-order valence-electron chi connectivity index (χ0n) is 12.9. The van der Waals surface area contributed by atoms with Gasteiger partial charge >= 0.3 is 0 Å². The van der Waals surface area contributed by atoms with E-state index in [1.165, 1.54) is 37.7 Å². The Hall–Kier alpha value is -1.10. The SMILES string of the molecule is CCn1cc(CN(C)C(=S)NC2CCCCC2)c(C)n1. The predicted octanol–water partition coefficient (Wildman–Crippen LogP) is 2.85. The molecule has 1 aliphatic rings. The normalized spacial score (nSPS) is 16.1. The van der Waals surface area contributed by atoms with Crippen molar-refractivity contribution in [3.8, 4) is 0 Å². The number of nitrogens with one attached hydrogen (secondary N) is 1. The van der Waals surface area contributed by atoms with Gasteiger partial charge in [0.2, 0.25) is 0 Å². The highest BCUT2D eigenvalue weighted by molar-refractivity contribution is 7.80. The third kappa shape index (κ3) is 3.95. The molecule has 0 amide bonds. The smallest absolute Gasteiger partial charge is 0.169 e. The summed E-state index contributed by atoms with van der Waals surface area (Å²) in [6.07, 6.45) is 8.64. The van der Waals surface area contributed by atoms with Gasteiger partial charge in [0.05, 0.1) is 5.69 Å². The van der Waals surface area contributed by atoms with Gasteiger partial charge in [0, 0.05) is 37.9 Å². The van der Waals surface area contributed by atoms with Crippen LogP contribution in [0, 0.1) is 6.92 Å². The number of hydrogen-bond donors (Lipinski definition) is 1. The monoisotopic (exact) mass is 294 g/mol. The van der Waals surface area contributed by atoms with Gasteiger partial charge in [-0.15, -0.1) is 0 Å². The molecule has 1 saturated carbocycles. The lowest BCUT2D eigenvalue weighted by Crippen LogP contribution is -2.43. The highest BCUT2D eigenvalue weighted by Gasteiger charge is 2.16. The number of aryl methyl sites for hydroxylation is 2. The van der Waals surface area contributed by atoms with Crippen molar-refractivity contribution in [1.82, 2.24) is 20.0 Å². The summed E-state index contributed by atoms with van der Waals surface area (Å²) >= 11 is 5.52. The number of nitrogens with zero attached hydrogens (tertiary/aromatic N) is 3. The van der Waals surface area contributed by atoms with Crippen LogP contribution in [0.3, 0.4) is 0 Å². The lowest BCUT2D eigenvalue weighted by atomic mass is 9.96. The van der Waals surface area contributed by atoms with Crippen molar-refractivity contribution >= 4 is 17.3 Å². The van der Waals surface area contributed by atoms with Crippen LogP contribution < -0.4 is 5.32 Å². The second-order valence-corrected chi connectivity index (χ2v) is 6.12. The van der Waals surface area contributed by atoms with Crippen molar-refractivity contribution in [2.24, 2.45) is 0 Å². The minimum Gasteiger partial charge on any atom is -0.360 e. The van der Waals surface area contributed by atoms with E-state index in [1.54, 1.807) is 0 Å². The van der Waals surface area contributed by atoms with Gasteiger partial charge in [0.25, 0.3) is 0 Å². The van der Waals surface area contributed by atoms with Gasteiger partial charge < -0.3 is 10.2 Å². The first kappa shape index (κ1) is 15.3. The van der Waals surface area contributed by atoms with E-state index in [1.807, 2.05) is 4.68 Å². The molecule has 0 bridgehead atoms. The zero-order valence-corrected chi connectivity index (χ0v) is 13.7. The average molecular weight is 294 g/mol. The standard InChI is InChI=1S/C15H26N4S/c1-4-19-11-13(12(2)17-19)10-18(3)15(20)16-14-8-6-5-7-9-14/h11,14H,4-10H2,1-3H3,(H,16,20). The van der Waals surface area contributed by atoms with Crippen molar-refractivity contribution in [3.05, 3.63) is 17.5 Å². The molecule has 1 aromatic rings. The molecule has 1 N–H and O–H groups in total. The van der Waals surface area contributed by atoms with Gasteiger partial charge in [-0.2, -0.15) is 5.10 Å². The van der Waals surface area contributed by atoms with Gasteiger partial charge in [0.15, 0.2) is 5.11 Å².